The number of hydrogen-bond acceptors (Lipinski definition) is 5. The fourth-order valence-electron chi connectivity index (χ4n) is 2.16. The van der Waals surface area contributed by atoms with Gasteiger partial charge in [-0.2, -0.15) is 0 Å². The molecule has 2 rings (SSSR count). The van der Waals surface area contributed by atoms with E-state index in [0.29, 0.717) is 5.69 Å². The van der Waals surface area contributed by atoms with E-state index in [-0.39, 0.29) is 22.3 Å². The summed E-state index contributed by atoms with van der Waals surface area (Å²) in [6, 6.07) is 10.4. The first kappa shape index (κ1) is 17.7. The van der Waals surface area contributed by atoms with Crippen LogP contribution in [-0.2, 0) is 10.0 Å². The van der Waals surface area contributed by atoms with Crippen molar-refractivity contribution in [2.75, 3.05) is 11.8 Å². The summed E-state index contributed by atoms with van der Waals surface area (Å²) in [5.41, 5.74) is 1.03. The molecule has 0 radical (unpaired) electrons. The van der Waals surface area contributed by atoms with E-state index in [1.165, 1.54) is 19.2 Å². The Hall–Kier alpha value is -2.61. The molecule has 2 aromatic rings. The van der Waals surface area contributed by atoms with E-state index in [1.807, 2.05) is 19.9 Å². The largest absolute Gasteiger partial charge is 0.495 e. The normalized spacial score (nSPS) is 11.3. The van der Waals surface area contributed by atoms with E-state index >= 15 is 0 Å². The highest BCUT2D eigenvalue weighted by atomic mass is 32.2. The molecular formula is C16H18N2O5S. The van der Waals surface area contributed by atoms with Crippen LogP contribution in [0.2, 0.25) is 0 Å². The molecule has 0 aliphatic rings. The zero-order valence-electron chi connectivity index (χ0n) is 13.5. The number of nitrogens with zero attached hydrogens (tertiary/aromatic N) is 1. The van der Waals surface area contributed by atoms with Crippen LogP contribution >= 0.6 is 0 Å². The Morgan fingerprint density at radius 2 is 1.88 bits per heavy atom. The molecule has 0 heterocycles. The number of nitro benzene ring substituents is 1. The number of anilines is 1. The lowest BCUT2D eigenvalue weighted by Crippen LogP contribution is -2.14. The summed E-state index contributed by atoms with van der Waals surface area (Å²) in [7, 11) is -2.73. The molecular weight excluding hydrogens is 332 g/mol. The summed E-state index contributed by atoms with van der Waals surface area (Å²) in [6.07, 6.45) is 0. The van der Waals surface area contributed by atoms with Gasteiger partial charge in [-0.25, -0.2) is 8.42 Å². The highest BCUT2D eigenvalue weighted by Gasteiger charge is 2.23. The van der Waals surface area contributed by atoms with E-state index in [1.54, 1.807) is 18.2 Å². The summed E-state index contributed by atoms with van der Waals surface area (Å²) >= 11 is 0. The number of non-ortho nitro benzene ring substituents is 1. The van der Waals surface area contributed by atoms with Crippen LogP contribution in [0.5, 0.6) is 5.75 Å². The van der Waals surface area contributed by atoms with Gasteiger partial charge in [0.1, 0.15) is 10.6 Å². The summed E-state index contributed by atoms with van der Waals surface area (Å²) in [6.45, 7) is 3.99. The molecule has 0 spiro atoms. The van der Waals surface area contributed by atoms with Gasteiger partial charge < -0.3 is 4.74 Å². The molecule has 0 aromatic heterocycles. The average Bonchev–Trinajstić information content (AvgIpc) is 2.53. The van der Waals surface area contributed by atoms with E-state index in [4.69, 9.17) is 4.74 Å². The van der Waals surface area contributed by atoms with Crippen LogP contribution in [0.15, 0.2) is 47.4 Å². The lowest BCUT2D eigenvalue weighted by Gasteiger charge is -2.13. The Bertz CT molecular complexity index is 863. The lowest BCUT2D eigenvalue weighted by molar-refractivity contribution is -0.385. The monoisotopic (exact) mass is 350 g/mol. The standard InChI is InChI=1S/C16H18N2O5S/c1-11(2)12-5-4-6-13(9-12)17-24(21,22)16-10-14(18(19)20)7-8-15(16)23-3/h4-11,17H,1-3H3. The van der Waals surface area contributed by atoms with Crippen LogP contribution in [0.25, 0.3) is 0 Å². The minimum Gasteiger partial charge on any atom is -0.495 e. The van der Waals surface area contributed by atoms with Gasteiger partial charge in [0.25, 0.3) is 15.7 Å². The van der Waals surface area contributed by atoms with Crippen LogP contribution in [0.3, 0.4) is 0 Å². The number of nitro groups is 1. The first-order valence-corrected chi connectivity index (χ1v) is 8.68. The quantitative estimate of drug-likeness (QED) is 0.635. The van der Waals surface area contributed by atoms with Gasteiger partial charge >= 0.3 is 0 Å². The molecule has 8 heteroatoms. The molecule has 24 heavy (non-hydrogen) atoms. The van der Waals surface area contributed by atoms with Crippen molar-refractivity contribution in [3.8, 4) is 5.75 Å². The Morgan fingerprint density at radius 3 is 2.46 bits per heavy atom. The van der Waals surface area contributed by atoms with Gasteiger partial charge in [0.05, 0.1) is 12.0 Å². The third-order valence-corrected chi connectivity index (χ3v) is 4.86. The first-order chi connectivity index (χ1) is 11.2. The summed E-state index contributed by atoms with van der Waals surface area (Å²) in [5.74, 6) is 0.273. The van der Waals surface area contributed by atoms with E-state index in [0.717, 1.165) is 11.6 Å². The number of sulfonamides is 1. The summed E-state index contributed by atoms with van der Waals surface area (Å²) in [5, 5.41) is 10.9. The second-order valence-electron chi connectivity index (χ2n) is 5.48. The molecule has 0 atom stereocenters. The molecule has 2 aromatic carbocycles. The van der Waals surface area contributed by atoms with Gasteiger partial charge in [0.15, 0.2) is 0 Å². The summed E-state index contributed by atoms with van der Waals surface area (Å²) in [4.78, 5) is 9.97. The van der Waals surface area contributed by atoms with Gasteiger partial charge in [-0.3, -0.25) is 14.8 Å². The van der Waals surface area contributed by atoms with Crippen LogP contribution in [-0.4, -0.2) is 20.5 Å². The molecule has 0 unspecified atom stereocenters. The topological polar surface area (TPSA) is 98.5 Å². The minimum absolute atomic E-state index is 0.0353. The third-order valence-electron chi connectivity index (χ3n) is 3.45. The number of rotatable bonds is 6. The minimum atomic E-state index is -4.03. The number of methoxy groups -OCH3 is 1. The predicted molar refractivity (Wildman–Crippen MR) is 91.0 cm³/mol. The van der Waals surface area contributed by atoms with E-state index in [9.17, 15) is 18.5 Å². The van der Waals surface area contributed by atoms with Gasteiger partial charge in [0, 0.05) is 17.8 Å². The molecule has 0 saturated heterocycles. The van der Waals surface area contributed by atoms with Crippen molar-refractivity contribution in [2.45, 2.75) is 24.7 Å². The van der Waals surface area contributed by atoms with Crippen LogP contribution in [0.4, 0.5) is 11.4 Å². The Balaban J connectivity index is 2.45. The Labute approximate surface area is 140 Å². The molecule has 0 fully saturated rings. The maximum Gasteiger partial charge on any atom is 0.271 e. The predicted octanol–water partition coefficient (Wildman–Crippen LogP) is 3.53. The van der Waals surface area contributed by atoms with Crippen molar-refractivity contribution in [1.29, 1.82) is 0 Å². The third kappa shape index (κ3) is 3.83. The second-order valence-corrected chi connectivity index (χ2v) is 7.13. The van der Waals surface area contributed by atoms with Crippen molar-refractivity contribution in [2.24, 2.45) is 0 Å². The van der Waals surface area contributed by atoms with Crippen molar-refractivity contribution >= 4 is 21.4 Å². The summed E-state index contributed by atoms with van der Waals surface area (Å²) < 4.78 is 32.7. The number of nitrogens with one attached hydrogen (secondary N) is 1. The highest BCUT2D eigenvalue weighted by Crippen LogP contribution is 2.30. The van der Waals surface area contributed by atoms with Gasteiger partial charge in [-0.1, -0.05) is 26.0 Å². The zero-order valence-corrected chi connectivity index (χ0v) is 14.3. The van der Waals surface area contributed by atoms with Gasteiger partial charge in [-0.05, 0) is 29.7 Å². The molecule has 0 amide bonds. The smallest absolute Gasteiger partial charge is 0.271 e. The second kappa shape index (κ2) is 6.88. The SMILES string of the molecule is COc1ccc([N+](=O)[O-])cc1S(=O)(=O)Nc1cccc(C(C)C)c1. The van der Waals surface area contributed by atoms with Gasteiger partial charge in [0.2, 0.25) is 0 Å². The first-order valence-electron chi connectivity index (χ1n) is 7.20. The van der Waals surface area contributed by atoms with Crippen LogP contribution in [0.1, 0.15) is 25.3 Å². The van der Waals surface area contributed by atoms with E-state index in [2.05, 4.69) is 4.72 Å². The number of benzene rings is 2. The Morgan fingerprint density at radius 1 is 1.17 bits per heavy atom. The molecule has 1 N–H and O–H groups in total. The molecule has 0 aliphatic carbocycles. The van der Waals surface area contributed by atoms with Crippen molar-refractivity contribution < 1.29 is 18.1 Å². The molecule has 128 valence electrons. The maximum absolute atomic E-state index is 12.6. The molecule has 0 bridgehead atoms. The van der Waals surface area contributed by atoms with Gasteiger partial charge in [-0.15, -0.1) is 0 Å². The van der Waals surface area contributed by atoms with E-state index < -0.39 is 14.9 Å². The Kier molecular flexibility index (Phi) is 5.08. The fraction of sp³-hybridized carbons (Fsp3) is 0.250. The average molecular weight is 350 g/mol. The maximum atomic E-state index is 12.6. The van der Waals surface area contributed by atoms with Crippen LogP contribution < -0.4 is 9.46 Å². The highest BCUT2D eigenvalue weighted by molar-refractivity contribution is 7.92. The van der Waals surface area contributed by atoms with Crippen molar-refractivity contribution in [1.82, 2.24) is 0 Å². The van der Waals surface area contributed by atoms with Crippen molar-refractivity contribution in [3.63, 3.8) is 0 Å². The molecule has 7 nitrogen and oxygen atoms in total. The zero-order chi connectivity index (χ0) is 17.9. The number of ether oxygens (including phenoxy) is 1. The van der Waals surface area contributed by atoms with Crippen LogP contribution in [0, 0.1) is 10.1 Å². The molecule has 0 aliphatic heterocycles. The molecule has 0 saturated carbocycles. The van der Waals surface area contributed by atoms with Crippen molar-refractivity contribution in [3.05, 3.63) is 58.1 Å². The lowest BCUT2D eigenvalue weighted by atomic mass is 10.0. The number of hydrogen-bond donors (Lipinski definition) is 1. The fourth-order valence-corrected chi connectivity index (χ4v) is 3.40.